The number of aryl methyl sites for hydroxylation is 1. The predicted octanol–water partition coefficient (Wildman–Crippen LogP) is 3.41. The summed E-state index contributed by atoms with van der Waals surface area (Å²) >= 11 is 0. The number of nitrogens with zero attached hydrogens (tertiary/aromatic N) is 3. The van der Waals surface area contributed by atoms with Gasteiger partial charge >= 0.3 is 5.82 Å². The van der Waals surface area contributed by atoms with Gasteiger partial charge in [-0.15, -0.1) is 0 Å². The number of rotatable bonds is 9. The summed E-state index contributed by atoms with van der Waals surface area (Å²) in [5.41, 5.74) is 0. The van der Waals surface area contributed by atoms with Gasteiger partial charge in [0, 0.05) is 20.5 Å². The number of imidazole rings is 1. The lowest BCUT2D eigenvalue weighted by atomic mass is 10.1. The van der Waals surface area contributed by atoms with E-state index in [0.29, 0.717) is 11.6 Å². The normalized spacial score (nSPS) is 10.7. The molecule has 108 valence electrons. The third-order valence-corrected chi connectivity index (χ3v) is 3.30. The summed E-state index contributed by atoms with van der Waals surface area (Å²) in [5.74, 6) is 1.08. The molecule has 0 bridgehead atoms. The van der Waals surface area contributed by atoms with Crippen molar-refractivity contribution < 1.29 is 4.92 Å². The van der Waals surface area contributed by atoms with Crippen LogP contribution in [-0.2, 0) is 7.05 Å². The molecule has 19 heavy (non-hydrogen) atoms. The van der Waals surface area contributed by atoms with Crippen LogP contribution >= 0.6 is 0 Å². The van der Waals surface area contributed by atoms with Crippen molar-refractivity contribution in [2.45, 2.75) is 52.4 Å². The first-order valence-corrected chi connectivity index (χ1v) is 6.99. The minimum atomic E-state index is -0.434. The van der Waals surface area contributed by atoms with Gasteiger partial charge in [0.05, 0.1) is 0 Å². The first-order chi connectivity index (χ1) is 9.07. The Labute approximate surface area is 114 Å². The van der Waals surface area contributed by atoms with Crippen LogP contribution in [-0.4, -0.2) is 21.0 Å². The zero-order valence-electron chi connectivity index (χ0n) is 12.1. The quantitative estimate of drug-likeness (QED) is 0.423. The van der Waals surface area contributed by atoms with E-state index in [1.54, 1.807) is 18.5 Å². The molecule has 0 fully saturated rings. The number of nitro groups is 1. The van der Waals surface area contributed by atoms with E-state index in [9.17, 15) is 10.1 Å². The van der Waals surface area contributed by atoms with E-state index in [-0.39, 0.29) is 5.82 Å². The maximum absolute atomic E-state index is 10.9. The number of aromatic nitrogens is 2. The molecule has 6 nitrogen and oxygen atoms in total. The lowest BCUT2D eigenvalue weighted by Crippen LogP contribution is -2.08. The van der Waals surface area contributed by atoms with Crippen LogP contribution in [0.15, 0.2) is 0 Å². The molecule has 0 aliphatic carbocycles. The van der Waals surface area contributed by atoms with Gasteiger partial charge in [-0.2, -0.15) is 0 Å². The van der Waals surface area contributed by atoms with Crippen molar-refractivity contribution in [3.05, 3.63) is 15.9 Å². The fourth-order valence-corrected chi connectivity index (χ4v) is 2.03. The molecule has 1 aromatic heterocycles. The Balaban J connectivity index is 2.38. The lowest BCUT2D eigenvalue weighted by molar-refractivity contribution is -0.388. The minimum absolute atomic E-state index is 0.0778. The number of hydrogen-bond donors (Lipinski definition) is 1. The highest BCUT2D eigenvalue weighted by molar-refractivity contribution is 5.53. The molecular weight excluding hydrogens is 244 g/mol. The van der Waals surface area contributed by atoms with E-state index < -0.39 is 4.92 Å². The fourth-order valence-electron chi connectivity index (χ4n) is 2.03. The van der Waals surface area contributed by atoms with E-state index in [1.165, 1.54) is 25.7 Å². The van der Waals surface area contributed by atoms with Crippen LogP contribution in [0.1, 0.15) is 51.3 Å². The Bertz CT molecular complexity index is 415. The second kappa shape index (κ2) is 7.76. The summed E-state index contributed by atoms with van der Waals surface area (Å²) < 4.78 is 1.73. The van der Waals surface area contributed by atoms with Gasteiger partial charge in [0.2, 0.25) is 11.6 Å². The molecule has 0 saturated heterocycles. The van der Waals surface area contributed by atoms with Crippen LogP contribution in [0.4, 0.5) is 11.6 Å². The maximum Gasteiger partial charge on any atom is 0.406 e. The average molecular weight is 268 g/mol. The molecule has 0 unspecified atom stereocenters. The van der Waals surface area contributed by atoms with Crippen molar-refractivity contribution in [2.75, 3.05) is 11.9 Å². The number of unbranched alkanes of at least 4 members (excludes halogenated alkanes) is 5. The number of nitrogens with one attached hydrogen (secondary N) is 1. The number of hydrogen-bond acceptors (Lipinski definition) is 4. The molecule has 0 spiro atoms. The van der Waals surface area contributed by atoms with E-state index in [2.05, 4.69) is 17.2 Å². The molecule has 1 heterocycles. The number of anilines is 1. The molecule has 1 N–H and O–H groups in total. The van der Waals surface area contributed by atoms with Crippen molar-refractivity contribution in [3.8, 4) is 0 Å². The van der Waals surface area contributed by atoms with Crippen molar-refractivity contribution in [3.63, 3.8) is 0 Å². The molecule has 0 amide bonds. The van der Waals surface area contributed by atoms with Gasteiger partial charge in [0.1, 0.15) is 0 Å². The Morgan fingerprint density at radius 1 is 1.26 bits per heavy atom. The summed E-state index contributed by atoms with van der Waals surface area (Å²) in [6.45, 7) is 4.72. The molecule has 6 heteroatoms. The van der Waals surface area contributed by atoms with Crippen LogP contribution < -0.4 is 5.32 Å². The Morgan fingerprint density at radius 3 is 2.53 bits per heavy atom. The summed E-state index contributed by atoms with van der Waals surface area (Å²) in [6, 6.07) is 0. The topological polar surface area (TPSA) is 73.0 Å². The highest BCUT2D eigenvalue weighted by Gasteiger charge is 2.22. The summed E-state index contributed by atoms with van der Waals surface area (Å²) in [5, 5.41) is 14.0. The largest absolute Gasteiger partial charge is 0.406 e. The van der Waals surface area contributed by atoms with Gasteiger partial charge in [-0.3, -0.25) is 4.57 Å². The lowest BCUT2D eigenvalue weighted by Gasteiger charge is -2.06. The third-order valence-electron chi connectivity index (χ3n) is 3.30. The molecule has 0 aromatic carbocycles. The van der Waals surface area contributed by atoms with Crippen molar-refractivity contribution in [2.24, 2.45) is 7.05 Å². The highest BCUT2D eigenvalue weighted by atomic mass is 16.6. The van der Waals surface area contributed by atoms with Crippen LogP contribution in [0, 0.1) is 17.0 Å². The highest BCUT2D eigenvalue weighted by Crippen LogP contribution is 2.23. The average Bonchev–Trinajstić information content (AvgIpc) is 2.66. The molecular formula is C13H24N4O2. The van der Waals surface area contributed by atoms with Gasteiger partial charge in [-0.05, 0) is 16.3 Å². The molecule has 0 saturated carbocycles. The first kappa shape index (κ1) is 15.5. The third kappa shape index (κ3) is 4.54. The van der Waals surface area contributed by atoms with E-state index in [0.717, 1.165) is 19.4 Å². The van der Waals surface area contributed by atoms with E-state index in [1.807, 2.05) is 0 Å². The Morgan fingerprint density at radius 2 is 1.89 bits per heavy atom. The molecule has 0 radical (unpaired) electrons. The predicted molar refractivity (Wildman–Crippen MR) is 76.5 cm³/mol. The van der Waals surface area contributed by atoms with Gasteiger partial charge in [-0.25, -0.2) is 0 Å². The molecule has 1 aromatic rings. The first-order valence-electron chi connectivity index (χ1n) is 6.99. The van der Waals surface area contributed by atoms with Gasteiger partial charge in [0.15, 0.2) is 0 Å². The van der Waals surface area contributed by atoms with Crippen LogP contribution in [0.2, 0.25) is 0 Å². The Kier molecular flexibility index (Phi) is 6.32. The zero-order valence-corrected chi connectivity index (χ0v) is 12.1. The monoisotopic (exact) mass is 268 g/mol. The summed E-state index contributed by atoms with van der Waals surface area (Å²) in [4.78, 5) is 14.4. The van der Waals surface area contributed by atoms with E-state index >= 15 is 0 Å². The fraction of sp³-hybridized carbons (Fsp3) is 0.769. The smallest absolute Gasteiger partial charge is 0.364 e. The van der Waals surface area contributed by atoms with Gasteiger partial charge in [-0.1, -0.05) is 39.0 Å². The van der Waals surface area contributed by atoms with Crippen molar-refractivity contribution >= 4 is 11.6 Å². The second-order valence-electron chi connectivity index (χ2n) is 4.84. The van der Waals surface area contributed by atoms with E-state index in [4.69, 9.17) is 0 Å². The second-order valence-corrected chi connectivity index (χ2v) is 4.84. The zero-order chi connectivity index (χ0) is 14.3. The summed E-state index contributed by atoms with van der Waals surface area (Å²) in [7, 11) is 1.79. The molecule has 0 aliphatic heterocycles. The van der Waals surface area contributed by atoms with Crippen molar-refractivity contribution in [1.82, 2.24) is 9.55 Å². The van der Waals surface area contributed by atoms with Crippen LogP contribution in [0.5, 0.6) is 0 Å². The Hall–Kier alpha value is -1.59. The summed E-state index contributed by atoms with van der Waals surface area (Å²) in [6.07, 6.45) is 7.25. The minimum Gasteiger partial charge on any atom is -0.364 e. The SMILES string of the molecule is CCCCCCCCNc1c([N+](=O)[O-])nc(C)n1C. The molecule has 0 atom stereocenters. The van der Waals surface area contributed by atoms with Gasteiger partial charge in [0.25, 0.3) is 0 Å². The van der Waals surface area contributed by atoms with Crippen LogP contribution in [0.3, 0.4) is 0 Å². The van der Waals surface area contributed by atoms with Crippen molar-refractivity contribution in [1.29, 1.82) is 0 Å². The molecule has 1 rings (SSSR count). The molecule has 0 aliphatic rings. The standard InChI is InChI=1S/C13H24N4O2/c1-4-5-6-7-8-9-10-14-12-13(17(18)19)15-11(2)16(12)3/h14H,4-10H2,1-3H3. The maximum atomic E-state index is 10.9. The van der Waals surface area contributed by atoms with Gasteiger partial charge < -0.3 is 15.4 Å². The van der Waals surface area contributed by atoms with Crippen LogP contribution in [0.25, 0.3) is 0 Å².